The molecule has 0 aromatic heterocycles. The molecule has 1 fully saturated rings. The number of aliphatic hydroxyl groups is 1. The molecule has 4 rings (SSSR count). The molecule has 0 bridgehead atoms. The maximum absolute atomic E-state index is 12.8. The Labute approximate surface area is 198 Å². The molecular weight excluding hydrogens is 436 g/mol. The molecule has 0 heterocycles. The second kappa shape index (κ2) is 10.7. The van der Waals surface area contributed by atoms with Crippen LogP contribution in [-0.4, -0.2) is 53.5 Å². The SMILES string of the molecule is O=C(N[C@@H]1CCCC[C@@H]1C(=O)N[C@@H](CCO)C(=O)O)OCC1c2ccccc2-c2ccccc21. The molecule has 8 heteroatoms. The van der Waals surface area contributed by atoms with Gasteiger partial charge in [0.25, 0.3) is 0 Å². The predicted molar refractivity (Wildman–Crippen MR) is 125 cm³/mol. The van der Waals surface area contributed by atoms with Gasteiger partial charge in [-0.1, -0.05) is 61.4 Å². The summed E-state index contributed by atoms with van der Waals surface area (Å²) in [6, 6.07) is 14.6. The van der Waals surface area contributed by atoms with Crippen molar-refractivity contribution in [2.45, 2.75) is 50.1 Å². The molecule has 0 unspecified atom stereocenters. The highest BCUT2D eigenvalue weighted by Crippen LogP contribution is 2.44. The molecule has 2 amide bonds. The number of amides is 2. The highest BCUT2D eigenvalue weighted by Gasteiger charge is 2.35. The van der Waals surface area contributed by atoms with Gasteiger partial charge in [0.2, 0.25) is 5.91 Å². The number of fused-ring (bicyclic) bond motifs is 3. The van der Waals surface area contributed by atoms with E-state index in [9.17, 15) is 19.5 Å². The van der Waals surface area contributed by atoms with Crippen LogP contribution >= 0.6 is 0 Å². The molecule has 0 aliphatic heterocycles. The lowest BCUT2D eigenvalue weighted by Gasteiger charge is -2.31. The van der Waals surface area contributed by atoms with Gasteiger partial charge in [-0.05, 0) is 35.1 Å². The maximum Gasteiger partial charge on any atom is 0.407 e. The van der Waals surface area contributed by atoms with Crippen molar-refractivity contribution < 1.29 is 29.3 Å². The van der Waals surface area contributed by atoms with Gasteiger partial charge in [-0.2, -0.15) is 0 Å². The highest BCUT2D eigenvalue weighted by molar-refractivity contribution is 5.86. The van der Waals surface area contributed by atoms with E-state index >= 15 is 0 Å². The van der Waals surface area contributed by atoms with Gasteiger partial charge < -0.3 is 25.6 Å². The molecule has 2 aromatic rings. The van der Waals surface area contributed by atoms with Gasteiger partial charge in [-0.15, -0.1) is 0 Å². The van der Waals surface area contributed by atoms with Crippen molar-refractivity contribution in [3.05, 3.63) is 59.7 Å². The first-order valence-corrected chi connectivity index (χ1v) is 11.7. The molecule has 3 atom stereocenters. The Morgan fingerprint density at radius 3 is 2.21 bits per heavy atom. The molecule has 2 aromatic carbocycles. The first-order chi connectivity index (χ1) is 16.5. The van der Waals surface area contributed by atoms with Crippen molar-refractivity contribution in [1.82, 2.24) is 10.6 Å². The van der Waals surface area contributed by atoms with E-state index in [1.807, 2.05) is 36.4 Å². The fourth-order valence-corrected chi connectivity index (χ4v) is 5.07. The number of aliphatic hydroxyl groups excluding tert-OH is 1. The number of hydrogen-bond acceptors (Lipinski definition) is 5. The minimum absolute atomic E-state index is 0.0570. The number of nitrogens with one attached hydrogen (secondary N) is 2. The Bertz CT molecular complexity index is 1010. The van der Waals surface area contributed by atoms with E-state index in [1.54, 1.807) is 0 Å². The van der Waals surface area contributed by atoms with E-state index in [-0.39, 0.29) is 25.6 Å². The second-order valence-corrected chi connectivity index (χ2v) is 8.88. The Morgan fingerprint density at radius 2 is 1.59 bits per heavy atom. The van der Waals surface area contributed by atoms with Gasteiger partial charge in [-0.3, -0.25) is 4.79 Å². The smallest absolute Gasteiger partial charge is 0.407 e. The standard InChI is InChI=1S/C26H30N2O6/c29-14-13-23(25(31)32)27-24(30)20-11-5-6-12-22(20)28-26(33)34-15-21-18-9-3-1-7-16(18)17-8-2-4-10-19(17)21/h1-4,7-10,20-23,29H,5-6,11-15H2,(H,27,30)(H,28,33)(H,31,32)/t20-,22+,23-/m0/s1. The van der Waals surface area contributed by atoms with Crippen LogP contribution in [-0.2, 0) is 14.3 Å². The summed E-state index contributed by atoms with van der Waals surface area (Å²) in [5, 5.41) is 23.7. The van der Waals surface area contributed by atoms with Crippen LogP contribution in [0.2, 0.25) is 0 Å². The number of aliphatic carboxylic acids is 1. The number of ether oxygens (including phenoxy) is 1. The Balaban J connectivity index is 1.38. The highest BCUT2D eigenvalue weighted by atomic mass is 16.5. The van der Waals surface area contributed by atoms with Crippen LogP contribution in [0.5, 0.6) is 0 Å². The summed E-state index contributed by atoms with van der Waals surface area (Å²) < 4.78 is 5.62. The van der Waals surface area contributed by atoms with Crippen molar-refractivity contribution in [2.75, 3.05) is 13.2 Å². The van der Waals surface area contributed by atoms with Gasteiger partial charge in [0.05, 0.1) is 5.92 Å². The number of benzene rings is 2. The summed E-state index contributed by atoms with van der Waals surface area (Å²) in [6.45, 7) is -0.162. The van der Waals surface area contributed by atoms with E-state index < -0.39 is 36.0 Å². The second-order valence-electron chi connectivity index (χ2n) is 8.88. The lowest BCUT2D eigenvalue weighted by Crippen LogP contribution is -2.52. The maximum atomic E-state index is 12.8. The fraction of sp³-hybridized carbons (Fsp3) is 0.423. The third kappa shape index (κ3) is 5.07. The number of carbonyl (C=O) groups is 3. The van der Waals surface area contributed by atoms with E-state index in [1.165, 1.54) is 0 Å². The van der Waals surface area contributed by atoms with Crippen LogP contribution in [0.4, 0.5) is 4.79 Å². The summed E-state index contributed by atoms with van der Waals surface area (Å²) >= 11 is 0. The van der Waals surface area contributed by atoms with Crippen LogP contribution in [0, 0.1) is 5.92 Å². The van der Waals surface area contributed by atoms with Crippen LogP contribution in [0.1, 0.15) is 49.1 Å². The lowest BCUT2D eigenvalue weighted by atomic mass is 9.83. The van der Waals surface area contributed by atoms with Gasteiger partial charge in [-0.25, -0.2) is 9.59 Å². The number of carboxylic acid groups (broad SMARTS) is 1. The van der Waals surface area contributed by atoms with Gasteiger partial charge in [0, 0.05) is 25.0 Å². The molecule has 34 heavy (non-hydrogen) atoms. The number of alkyl carbamates (subject to hydrolysis) is 1. The van der Waals surface area contributed by atoms with Gasteiger partial charge in [0.1, 0.15) is 12.6 Å². The zero-order valence-electron chi connectivity index (χ0n) is 18.9. The van der Waals surface area contributed by atoms with Crippen molar-refractivity contribution in [1.29, 1.82) is 0 Å². The van der Waals surface area contributed by atoms with E-state index in [4.69, 9.17) is 9.84 Å². The minimum Gasteiger partial charge on any atom is -0.480 e. The number of hydrogen-bond donors (Lipinski definition) is 4. The summed E-state index contributed by atoms with van der Waals surface area (Å²) in [4.78, 5) is 36.8. The third-order valence-corrected chi connectivity index (χ3v) is 6.78. The minimum atomic E-state index is -1.20. The van der Waals surface area contributed by atoms with Crippen molar-refractivity contribution in [3.63, 3.8) is 0 Å². The molecule has 0 radical (unpaired) electrons. The number of rotatable bonds is 8. The van der Waals surface area contributed by atoms with Crippen molar-refractivity contribution in [2.24, 2.45) is 5.92 Å². The Morgan fingerprint density at radius 1 is 0.971 bits per heavy atom. The molecule has 0 saturated heterocycles. The average Bonchev–Trinajstić information content (AvgIpc) is 3.16. The zero-order valence-corrected chi connectivity index (χ0v) is 18.9. The van der Waals surface area contributed by atoms with Crippen molar-refractivity contribution in [3.8, 4) is 11.1 Å². The quantitative estimate of drug-likeness (QED) is 0.474. The summed E-state index contributed by atoms with van der Waals surface area (Å²) in [7, 11) is 0. The largest absolute Gasteiger partial charge is 0.480 e. The molecule has 8 nitrogen and oxygen atoms in total. The first kappa shape index (κ1) is 23.8. The fourth-order valence-electron chi connectivity index (χ4n) is 5.07. The van der Waals surface area contributed by atoms with Gasteiger partial charge >= 0.3 is 12.1 Å². The van der Waals surface area contributed by atoms with Crippen LogP contribution < -0.4 is 10.6 Å². The molecular formula is C26H30N2O6. The van der Waals surface area contributed by atoms with Crippen LogP contribution in [0.3, 0.4) is 0 Å². The monoisotopic (exact) mass is 466 g/mol. The Kier molecular flexibility index (Phi) is 7.47. The third-order valence-electron chi connectivity index (χ3n) is 6.78. The van der Waals surface area contributed by atoms with Crippen LogP contribution in [0.15, 0.2) is 48.5 Å². The first-order valence-electron chi connectivity index (χ1n) is 11.7. The summed E-state index contributed by atoms with van der Waals surface area (Å²) in [6.07, 6.45) is 2.18. The van der Waals surface area contributed by atoms with Gasteiger partial charge in [0.15, 0.2) is 0 Å². The van der Waals surface area contributed by atoms with Crippen molar-refractivity contribution >= 4 is 18.0 Å². The number of carboxylic acids is 1. The van der Waals surface area contributed by atoms with Crippen LogP contribution in [0.25, 0.3) is 11.1 Å². The molecule has 4 N–H and O–H groups in total. The summed E-state index contributed by atoms with van der Waals surface area (Å²) in [5.41, 5.74) is 4.53. The summed E-state index contributed by atoms with van der Waals surface area (Å²) in [5.74, 6) is -2.23. The molecule has 0 spiro atoms. The van der Waals surface area contributed by atoms with E-state index in [0.29, 0.717) is 12.8 Å². The Hall–Kier alpha value is -3.39. The molecule has 1 saturated carbocycles. The normalized spacial score (nSPS) is 20.0. The molecule has 180 valence electrons. The molecule has 2 aliphatic carbocycles. The number of carbonyl (C=O) groups excluding carboxylic acids is 2. The predicted octanol–water partition coefficient (Wildman–Crippen LogP) is 3.04. The topological polar surface area (TPSA) is 125 Å². The lowest BCUT2D eigenvalue weighted by molar-refractivity contribution is -0.143. The average molecular weight is 467 g/mol. The molecule has 2 aliphatic rings. The van der Waals surface area contributed by atoms with E-state index in [2.05, 4.69) is 22.8 Å². The van der Waals surface area contributed by atoms with E-state index in [0.717, 1.165) is 35.1 Å². The zero-order chi connectivity index (χ0) is 24.1.